The van der Waals surface area contributed by atoms with Crippen LogP contribution in [0.25, 0.3) is 0 Å². The van der Waals surface area contributed by atoms with Crippen molar-refractivity contribution in [2.75, 3.05) is 6.61 Å². The highest BCUT2D eigenvalue weighted by Gasteiger charge is 2.35. The van der Waals surface area contributed by atoms with Crippen LogP contribution in [-0.4, -0.2) is 18.4 Å². The number of hydrogen-bond acceptors (Lipinski definition) is 4. The molecule has 4 nitrogen and oxygen atoms in total. The molecule has 2 heterocycles. The molecule has 3 atom stereocenters. The molecule has 1 fully saturated rings. The SMILES string of the molecule is C[C@H]1C(=O)C[C@H](c2ccco2)N[C@@H]1COCc1ccccc1. The predicted octanol–water partition coefficient (Wildman–Crippen LogP) is 3.10. The Labute approximate surface area is 130 Å². The van der Waals surface area contributed by atoms with Gasteiger partial charge in [-0.2, -0.15) is 0 Å². The summed E-state index contributed by atoms with van der Waals surface area (Å²) >= 11 is 0. The second-order valence-electron chi connectivity index (χ2n) is 5.80. The van der Waals surface area contributed by atoms with Crippen LogP contribution >= 0.6 is 0 Å². The summed E-state index contributed by atoms with van der Waals surface area (Å²) < 4.78 is 11.2. The van der Waals surface area contributed by atoms with Gasteiger partial charge in [-0.05, 0) is 17.7 Å². The van der Waals surface area contributed by atoms with Gasteiger partial charge in [0.25, 0.3) is 0 Å². The first kappa shape index (κ1) is 15.0. The summed E-state index contributed by atoms with van der Waals surface area (Å²) in [6, 6.07) is 13.8. The number of hydrogen-bond donors (Lipinski definition) is 1. The zero-order chi connectivity index (χ0) is 15.4. The maximum absolute atomic E-state index is 12.2. The van der Waals surface area contributed by atoms with Gasteiger partial charge < -0.3 is 14.5 Å². The molecule has 1 aliphatic rings. The smallest absolute Gasteiger partial charge is 0.139 e. The highest BCUT2D eigenvalue weighted by atomic mass is 16.5. The van der Waals surface area contributed by atoms with Gasteiger partial charge in [-0.25, -0.2) is 0 Å². The van der Waals surface area contributed by atoms with E-state index in [0.29, 0.717) is 19.6 Å². The average molecular weight is 299 g/mol. The van der Waals surface area contributed by atoms with E-state index >= 15 is 0 Å². The van der Waals surface area contributed by atoms with Crippen molar-refractivity contribution in [2.24, 2.45) is 5.92 Å². The van der Waals surface area contributed by atoms with E-state index in [1.54, 1.807) is 6.26 Å². The molecule has 0 radical (unpaired) electrons. The molecule has 0 unspecified atom stereocenters. The summed E-state index contributed by atoms with van der Waals surface area (Å²) in [5.74, 6) is 1.03. The fraction of sp³-hybridized carbons (Fsp3) is 0.389. The molecule has 116 valence electrons. The van der Waals surface area contributed by atoms with Gasteiger partial charge in [0, 0.05) is 18.4 Å². The summed E-state index contributed by atoms with van der Waals surface area (Å²) in [5.41, 5.74) is 1.14. The van der Waals surface area contributed by atoms with Crippen LogP contribution in [0.15, 0.2) is 53.1 Å². The van der Waals surface area contributed by atoms with Gasteiger partial charge in [0.2, 0.25) is 0 Å². The topological polar surface area (TPSA) is 51.5 Å². The van der Waals surface area contributed by atoms with Gasteiger partial charge in [-0.15, -0.1) is 0 Å². The lowest BCUT2D eigenvalue weighted by Gasteiger charge is -2.33. The first-order chi connectivity index (χ1) is 10.7. The molecule has 0 aliphatic carbocycles. The van der Waals surface area contributed by atoms with E-state index in [1.807, 2.05) is 49.4 Å². The van der Waals surface area contributed by atoms with E-state index in [4.69, 9.17) is 9.15 Å². The van der Waals surface area contributed by atoms with Crippen LogP contribution in [0.3, 0.4) is 0 Å². The van der Waals surface area contributed by atoms with E-state index in [-0.39, 0.29) is 23.8 Å². The molecular formula is C18H21NO3. The number of ether oxygens (including phenoxy) is 1. The van der Waals surface area contributed by atoms with Crippen LogP contribution < -0.4 is 5.32 Å². The average Bonchev–Trinajstić information content (AvgIpc) is 3.07. The van der Waals surface area contributed by atoms with Crippen molar-refractivity contribution >= 4 is 5.78 Å². The molecule has 22 heavy (non-hydrogen) atoms. The number of nitrogens with one attached hydrogen (secondary N) is 1. The second-order valence-corrected chi connectivity index (χ2v) is 5.80. The second kappa shape index (κ2) is 6.90. The van der Waals surface area contributed by atoms with Crippen molar-refractivity contribution < 1.29 is 13.9 Å². The molecule has 2 aromatic rings. The molecule has 1 saturated heterocycles. The van der Waals surface area contributed by atoms with Gasteiger partial charge >= 0.3 is 0 Å². The van der Waals surface area contributed by atoms with E-state index in [1.165, 1.54) is 0 Å². The molecule has 0 amide bonds. The van der Waals surface area contributed by atoms with E-state index in [2.05, 4.69) is 5.32 Å². The van der Waals surface area contributed by atoms with E-state index in [0.717, 1.165) is 11.3 Å². The normalized spacial score (nSPS) is 25.3. The van der Waals surface area contributed by atoms with Crippen molar-refractivity contribution in [2.45, 2.75) is 32.0 Å². The van der Waals surface area contributed by atoms with Crippen LogP contribution in [0, 0.1) is 5.92 Å². The molecule has 1 N–H and O–H groups in total. The van der Waals surface area contributed by atoms with Gasteiger partial charge in [0.15, 0.2) is 0 Å². The van der Waals surface area contributed by atoms with Crippen molar-refractivity contribution in [3.63, 3.8) is 0 Å². The van der Waals surface area contributed by atoms with Gasteiger partial charge in [-0.1, -0.05) is 37.3 Å². The summed E-state index contributed by atoms with van der Waals surface area (Å²) in [5, 5.41) is 3.48. The lowest BCUT2D eigenvalue weighted by Crippen LogP contribution is -2.49. The van der Waals surface area contributed by atoms with E-state index in [9.17, 15) is 4.79 Å². The van der Waals surface area contributed by atoms with Crippen LogP contribution in [0.4, 0.5) is 0 Å². The first-order valence-electron chi connectivity index (χ1n) is 7.68. The minimum Gasteiger partial charge on any atom is -0.468 e. The Bertz CT molecular complexity index is 594. The minimum absolute atomic E-state index is 0.0139. The number of ketones is 1. The van der Waals surface area contributed by atoms with Crippen molar-refractivity contribution in [1.29, 1.82) is 0 Å². The van der Waals surface area contributed by atoms with Gasteiger partial charge in [0.05, 0.1) is 25.5 Å². The zero-order valence-corrected chi connectivity index (χ0v) is 12.7. The highest BCUT2D eigenvalue weighted by molar-refractivity contribution is 5.83. The zero-order valence-electron chi connectivity index (χ0n) is 12.7. The third-order valence-corrected chi connectivity index (χ3v) is 4.23. The van der Waals surface area contributed by atoms with Gasteiger partial charge in [-0.3, -0.25) is 4.79 Å². The van der Waals surface area contributed by atoms with Crippen LogP contribution in [-0.2, 0) is 16.1 Å². The maximum atomic E-state index is 12.2. The Morgan fingerprint density at radius 3 is 2.77 bits per heavy atom. The number of furan rings is 1. The molecule has 1 aliphatic heterocycles. The largest absolute Gasteiger partial charge is 0.468 e. The van der Waals surface area contributed by atoms with Gasteiger partial charge in [0.1, 0.15) is 11.5 Å². The minimum atomic E-state index is -0.0518. The van der Waals surface area contributed by atoms with Crippen LogP contribution in [0.5, 0.6) is 0 Å². The molecule has 0 spiro atoms. The third-order valence-electron chi connectivity index (χ3n) is 4.23. The fourth-order valence-corrected chi connectivity index (χ4v) is 2.82. The molecule has 1 aromatic heterocycles. The Morgan fingerprint density at radius 1 is 1.23 bits per heavy atom. The molecular weight excluding hydrogens is 278 g/mol. The number of rotatable bonds is 5. The number of piperidine rings is 1. The maximum Gasteiger partial charge on any atom is 0.139 e. The summed E-state index contributed by atoms with van der Waals surface area (Å²) in [4.78, 5) is 12.2. The van der Waals surface area contributed by atoms with Crippen LogP contribution in [0.1, 0.15) is 30.7 Å². The fourth-order valence-electron chi connectivity index (χ4n) is 2.82. The molecule has 3 rings (SSSR count). The summed E-state index contributed by atoms with van der Waals surface area (Å²) in [7, 11) is 0. The first-order valence-corrected chi connectivity index (χ1v) is 7.68. The molecule has 4 heteroatoms. The number of carbonyl (C=O) groups is 1. The number of benzene rings is 1. The molecule has 0 bridgehead atoms. The number of carbonyl (C=O) groups excluding carboxylic acids is 1. The summed E-state index contributed by atoms with van der Waals surface area (Å²) in [6.45, 7) is 3.04. The Balaban J connectivity index is 1.58. The summed E-state index contributed by atoms with van der Waals surface area (Å²) in [6.07, 6.45) is 2.12. The quantitative estimate of drug-likeness (QED) is 0.921. The predicted molar refractivity (Wildman–Crippen MR) is 83.3 cm³/mol. The lowest BCUT2D eigenvalue weighted by atomic mass is 9.87. The van der Waals surface area contributed by atoms with E-state index < -0.39 is 0 Å². The Morgan fingerprint density at radius 2 is 2.05 bits per heavy atom. The lowest BCUT2D eigenvalue weighted by molar-refractivity contribution is -0.127. The van der Waals surface area contributed by atoms with Crippen molar-refractivity contribution in [3.8, 4) is 0 Å². The molecule has 1 aromatic carbocycles. The highest BCUT2D eigenvalue weighted by Crippen LogP contribution is 2.27. The standard InChI is InChI=1S/C18H21NO3/c1-13-16(12-21-11-14-6-3-2-4-7-14)19-15(10-17(13)20)18-8-5-9-22-18/h2-9,13,15-16,19H,10-12H2,1H3/t13-,15-,16-/m1/s1. The Hall–Kier alpha value is -1.91. The monoisotopic (exact) mass is 299 g/mol. The Kier molecular flexibility index (Phi) is 4.71. The van der Waals surface area contributed by atoms with Crippen molar-refractivity contribution in [1.82, 2.24) is 5.32 Å². The molecule has 0 saturated carbocycles. The van der Waals surface area contributed by atoms with Crippen molar-refractivity contribution in [3.05, 3.63) is 60.1 Å². The number of Topliss-reactive ketones (excluding diaryl/α,β-unsaturated/α-hetero) is 1. The van der Waals surface area contributed by atoms with Crippen LogP contribution in [0.2, 0.25) is 0 Å². The third kappa shape index (κ3) is 3.46.